The van der Waals surface area contributed by atoms with Gasteiger partial charge in [0.1, 0.15) is 0 Å². The van der Waals surface area contributed by atoms with Gasteiger partial charge in [0.15, 0.2) is 21.5 Å². The van der Waals surface area contributed by atoms with E-state index in [-0.39, 0.29) is 11.5 Å². The van der Waals surface area contributed by atoms with Crippen LogP contribution in [0.15, 0.2) is 58.5 Å². The summed E-state index contributed by atoms with van der Waals surface area (Å²) in [7, 11) is -9.74. The first kappa shape index (κ1) is 30.5. The maximum Gasteiger partial charge on any atom is 0.350 e. The van der Waals surface area contributed by atoms with E-state index in [1.807, 2.05) is 0 Å². The standard InChI is InChI=1S/C23H41NO6SSi3/c1-9-28-23(25)22(31(26,27)21-15-11-10-12-16-21)17-13-18-24-19-14-20-34(8,29-32(2,3)4)30-33(5,6)7/h10-13,15-18,24H,9,14,19-20H2,1-8H3/b18-13+,22-17+. The van der Waals surface area contributed by atoms with Crippen LogP contribution in [-0.4, -0.2) is 52.7 Å². The Morgan fingerprint density at radius 1 is 0.971 bits per heavy atom. The lowest BCUT2D eigenvalue weighted by Gasteiger charge is -2.38. The van der Waals surface area contributed by atoms with Crippen LogP contribution in [-0.2, 0) is 27.6 Å². The highest BCUT2D eigenvalue weighted by atomic mass is 32.2. The summed E-state index contributed by atoms with van der Waals surface area (Å²) in [5.41, 5.74) is 0. The predicted molar refractivity (Wildman–Crippen MR) is 145 cm³/mol. The summed E-state index contributed by atoms with van der Waals surface area (Å²) in [6.45, 7) is 17.7. The van der Waals surface area contributed by atoms with Crippen molar-refractivity contribution in [2.75, 3.05) is 13.2 Å². The van der Waals surface area contributed by atoms with Crippen LogP contribution in [0.1, 0.15) is 13.3 Å². The molecule has 1 aromatic carbocycles. The molecule has 0 heterocycles. The molecule has 0 saturated carbocycles. The van der Waals surface area contributed by atoms with E-state index in [0.717, 1.165) is 12.5 Å². The van der Waals surface area contributed by atoms with Crippen molar-refractivity contribution in [1.29, 1.82) is 0 Å². The Hall–Kier alpha value is -1.51. The van der Waals surface area contributed by atoms with E-state index < -0.39 is 45.9 Å². The largest absolute Gasteiger partial charge is 0.462 e. The summed E-state index contributed by atoms with van der Waals surface area (Å²) in [5.74, 6) is -0.871. The van der Waals surface area contributed by atoms with Crippen molar-refractivity contribution < 1.29 is 26.2 Å². The van der Waals surface area contributed by atoms with Crippen LogP contribution in [0.2, 0.25) is 51.9 Å². The number of ether oxygens (including phenoxy) is 1. The van der Waals surface area contributed by atoms with Crippen molar-refractivity contribution in [1.82, 2.24) is 5.32 Å². The van der Waals surface area contributed by atoms with E-state index in [1.165, 1.54) is 24.3 Å². The number of carbonyl (C=O) groups excluding carboxylic acids is 1. The minimum atomic E-state index is -3.99. The molecule has 0 aromatic heterocycles. The highest BCUT2D eigenvalue weighted by Crippen LogP contribution is 2.25. The van der Waals surface area contributed by atoms with Crippen molar-refractivity contribution in [2.45, 2.75) is 70.1 Å². The molecule has 0 atom stereocenters. The lowest BCUT2D eigenvalue weighted by molar-refractivity contribution is -0.137. The molecule has 7 nitrogen and oxygen atoms in total. The average molecular weight is 544 g/mol. The smallest absolute Gasteiger partial charge is 0.350 e. The fourth-order valence-electron chi connectivity index (χ4n) is 3.41. The molecule has 0 bridgehead atoms. The van der Waals surface area contributed by atoms with Crippen molar-refractivity contribution in [3.63, 3.8) is 0 Å². The second kappa shape index (κ2) is 13.0. The highest BCUT2D eigenvalue weighted by molar-refractivity contribution is 7.96. The molecule has 11 heteroatoms. The summed E-state index contributed by atoms with van der Waals surface area (Å²) in [5, 5.41) is 3.16. The maximum absolute atomic E-state index is 12.9. The van der Waals surface area contributed by atoms with E-state index in [9.17, 15) is 13.2 Å². The van der Waals surface area contributed by atoms with E-state index in [4.69, 9.17) is 13.0 Å². The van der Waals surface area contributed by atoms with Crippen LogP contribution in [0.25, 0.3) is 0 Å². The second-order valence-electron chi connectivity index (χ2n) is 10.0. The Morgan fingerprint density at radius 3 is 2.03 bits per heavy atom. The minimum Gasteiger partial charge on any atom is -0.462 e. The molecule has 0 saturated heterocycles. The summed E-state index contributed by atoms with van der Waals surface area (Å²) >= 11 is 0. The SMILES string of the molecule is CCOC(=O)/C(=C\C=C\NCCC[Si](C)(O[Si](C)(C)C)O[Si](C)(C)C)S(=O)(=O)c1ccccc1. The quantitative estimate of drug-likeness (QED) is 0.114. The average Bonchev–Trinajstić information content (AvgIpc) is 2.67. The van der Waals surface area contributed by atoms with Crippen LogP contribution < -0.4 is 5.32 Å². The fourth-order valence-corrected chi connectivity index (χ4v) is 17.3. The number of hydrogen-bond acceptors (Lipinski definition) is 7. The zero-order valence-electron chi connectivity index (χ0n) is 21.8. The number of carbonyl (C=O) groups is 1. The molecule has 0 aliphatic carbocycles. The zero-order valence-corrected chi connectivity index (χ0v) is 25.6. The Morgan fingerprint density at radius 2 is 1.53 bits per heavy atom. The normalized spacial score (nSPS) is 13.8. The van der Waals surface area contributed by atoms with Crippen molar-refractivity contribution in [3.05, 3.63) is 53.6 Å². The van der Waals surface area contributed by atoms with Gasteiger partial charge in [-0.3, -0.25) is 0 Å². The Balaban J connectivity index is 2.83. The van der Waals surface area contributed by atoms with Gasteiger partial charge in [-0.2, -0.15) is 0 Å². The third-order valence-corrected chi connectivity index (χ3v) is 15.7. The molecule has 0 aliphatic rings. The van der Waals surface area contributed by atoms with E-state index in [2.05, 4.69) is 51.1 Å². The molecule has 0 aliphatic heterocycles. The lowest BCUT2D eigenvalue weighted by atomic mass is 10.4. The van der Waals surface area contributed by atoms with Gasteiger partial charge in [0.05, 0.1) is 11.5 Å². The molecule has 192 valence electrons. The molecule has 1 rings (SSSR count). The summed E-state index contributed by atoms with van der Waals surface area (Å²) < 4.78 is 43.8. The third-order valence-electron chi connectivity index (χ3n) is 4.28. The molecule has 0 spiro atoms. The number of rotatable bonds is 14. The van der Waals surface area contributed by atoms with Crippen molar-refractivity contribution in [2.24, 2.45) is 0 Å². The molecule has 1 aromatic rings. The molecule has 0 amide bonds. The summed E-state index contributed by atoms with van der Waals surface area (Å²) in [4.78, 5) is 12.0. The fraction of sp³-hybridized carbons (Fsp3) is 0.522. The van der Waals surface area contributed by atoms with E-state index in [1.54, 1.807) is 31.3 Å². The number of esters is 1. The van der Waals surface area contributed by atoms with Crippen LogP contribution in [0, 0.1) is 0 Å². The first-order valence-corrected chi connectivity index (χ1v) is 22.4. The van der Waals surface area contributed by atoms with E-state index in [0.29, 0.717) is 6.54 Å². The number of nitrogens with one attached hydrogen (secondary N) is 1. The van der Waals surface area contributed by atoms with Crippen LogP contribution in [0.5, 0.6) is 0 Å². The lowest BCUT2D eigenvalue weighted by Crippen LogP contribution is -2.52. The molecular formula is C23H41NO6SSi3. The number of benzene rings is 1. The highest BCUT2D eigenvalue weighted by Gasteiger charge is 2.39. The first-order chi connectivity index (χ1) is 15.6. The van der Waals surface area contributed by atoms with Gasteiger partial charge >= 0.3 is 14.5 Å². The Bertz CT molecular complexity index is 935. The topological polar surface area (TPSA) is 90.9 Å². The molecule has 1 N–H and O–H groups in total. The molecular weight excluding hydrogens is 503 g/mol. The summed E-state index contributed by atoms with van der Waals surface area (Å²) in [6, 6.07) is 8.72. The molecule has 34 heavy (non-hydrogen) atoms. The molecule has 0 radical (unpaired) electrons. The molecule has 0 unspecified atom stereocenters. The predicted octanol–water partition coefficient (Wildman–Crippen LogP) is 5.18. The Labute approximate surface area is 209 Å². The number of hydrogen-bond donors (Lipinski definition) is 1. The number of sulfone groups is 1. The Kier molecular flexibility index (Phi) is 11.7. The van der Waals surface area contributed by atoms with Crippen LogP contribution in [0.4, 0.5) is 0 Å². The zero-order chi connectivity index (χ0) is 26.0. The third kappa shape index (κ3) is 11.3. The minimum absolute atomic E-state index is 0.0460. The van der Waals surface area contributed by atoms with Gasteiger partial charge < -0.3 is 18.3 Å². The van der Waals surface area contributed by atoms with Crippen molar-refractivity contribution >= 4 is 41.0 Å². The maximum atomic E-state index is 12.9. The van der Waals surface area contributed by atoms with Gasteiger partial charge in [-0.1, -0.05) is 18.2 Å². The van der Waals surface area contributed by atoms with Gasteiger partial charge in [-0.25, -0.2) is 13.2 Å². The second-order valence-corrected chi connectivity index (χ2v) is 24.8. The molecule has 0 fully saturated rings. The van der Waals surface area contributed by atoms with Gasteiger partial charge in [0.25, 0.3) is 0 Å². The van der Waals surface area contributed by atoms with Gasteiger partial charge in [-0.15, -0.1) is 0 Å². The van der Waals surface area contributed by atoms with Gasteiger partial charge in [-0.05, 0) is 95.7 Å². The van der Waals surface area contributed by atoms with Crippen molar-refractivity contribution in [3.8, 4) is 0 Å². The monoisotopic (exact) mass is 543 g/mol. The number of allylic oxidation sites excluding steroid dienone is 2. The van der Waals surface area contributed by atoms with Gasteiger partial charge in [0, 0.05) is 6.54 Å². The van der Waals surface area contributed by atoms with Gasteiger partial charge in [0.2, 0.25) is 9.84 Å². The van der Waals surface area contributed by atoms with E-state index >= 15 is 0 Å². The van der Waals surface area contributed by atoms with Crippen LogP contribution >= 0.6 is 0 Å². The summed E-state index contributed by atoms with van der Waals surface area (Å²) in [6.07, 6.45) is 5.28. The van der Waals surface area contributed by atoms with Crippen LogP contribution in [0.3, 0.4) is 0 Å². The first-order valence-electron chi connectivity index (χ1n) is 11.6.